The molecule has 7 heteroatoms. The number of fused-ring (bicyclic) bond motifs is 3. The molecule has 0 aliphatic carbocycles. The van der Waals surface area contributed by atoms with Gasteiger partial charge in [-0.1, -0.05) is 0 Å². The molecule has 0 spiro atoms. The Morgan fingerprint density at radius 3 is 2.29 bits per heavy atom. The molecule has 1 aliphatic rings. The number of hydrogen-bond donors (Lipinski definition) is 0. The van der Waals surface area contributed by atoms with Crippen molar-refractivity contribution in [3.05, 3.63) is 17.9 Å². The number of rotatable bonds is 0. The normalized spacial score (nSPS) is 14.8. The molecule has 1 aromatic carbocycles. The fourth-order valence-corrected chi connectivity index (χ4v) is 4.45. The summed E-state index contributed by atoms with van der Waals surface area (Å²) in [5.74, 6) is 1.02. The lowest BCUT2D eigenvalue weighted by atomic mass is 10.3. The van der Waals surface area contributed by atoms with Crippen molar-refractivity contribution >= 4 is 80.7 Å². The highest BCUT2D eigenvalue weighted by Crippen LogP contribution is 2.45. The lowest BCUT2D eigenvalue weighted by molar-refractivity contribution is 0.817. The number of hydrogen-bond acceptors (Lipinski definition) is 2. The van der Waals surface area contributed by atoms with Gasteiger partial charge in [0.25, 0.3) is 0 Å². The Hall–Kier alpha value is 0.410. The quantitative estimate of drug-likeness (QED) is 0.401. The van der Waals surface area contributed by atoms with Gasteiger partial charge in [0.15, 0.2) is 0 Å². The molecule has 1 aliphatic heterocycles. The third-order valence-electron chi connectivity index (χ3n) is 2.94. The van der Waals surface area contributed by atoms with Gasteiger partial charge in [0.2, 0.25) is 5.95 Å². The highest BCUT2D eigenvalue weighted by Gasteiger charge is 2.25. The summed E-state index contributed by atoms with van der Waals surface area (Å²) in [4.78, 5) is 6.87. The summed E-state index contributed by atoms with van der Waals surface area (Å²) >= 11 is 14.4. The van der Waals surface area contributed by atoms with Crippen LogP contribution in [-0.4, -0.2) is 23.1 Å². The van der Waals surface area contributed by atoms with E-state index in [-0.39, 0.29) is 0 Å². The van der Waals surface area contributed by atoms with Crippen LogP contribution in [0.1, 0.15) is 0 Å². The maximum Gasteiger partial charge on any atom is 0.206 e. The van der Waals surface area contributed by atoms with E-state index in [4.69, 9.17) is 4.98 Å². The minimum Gasteiger partial charge on any atom is -0.343 e. The summed E-state index contributed by atoms with van der Waals surface area (Å²) in [5.41, 5.74) is 2.11. The molecule has 0 bridgehead atoms. The van der Waals surface area contributed by atoms with Gasteiger partial charge in [-0.15, -0.1) is 0 Å². The van der Waals surface area contributed by atoms with Crippen molar-refractivity contribution in [2.45, 2.75) is 6.54 Å². The first-order valence-corrected chi connectivity index (χ1v) is 8.13. The number of anilines is 1. The van der Waals surface area contributed by atoms with Crippen LogP contribution in [0.25, 0.3) is 11.0 Å². The molecule has 2 heterocycles. The minimum atomic E-state index is 0.974. The summed E-state index contributed by atoms with van der Waals surface area (Å²) in [5, 5.41) is 0. The Labute approximate surface area is 132 Å². The van der Waals surface area contributed by atoms with Gasteiger partial charge in [-0.05, 0) is 63.7 Å². The number of imidazole rings is 1. The summed E-state index contributed by atoms with van der Waals surface area (Å²) < 4.78 is 6.25. The van der Waals surface area contributed by atoms with Crippen LogP contribution in [0.3, 0.4) is 0 Å². The minimum absolute atomic E-state index is 0.974. The van der Waals surface area contributed by atoms with Gasteiger partial charge >= 0.3 is 0 Å². The third-order valence-corrected chi connectivity index (χ3v) is 7.67. The van der Waals surface area contributed by atoms with Crippen LogP contribution >= 0.6 is 63.7 Å². The van der Waals surface area contributed by atoms with E-state index in [0.29, 0.717) is 0 Å². The van der Waals surface area contributed by atoms with Gasteiger partial charge in [-0.25, -0.2) is 4.98 Å². The monoisotopic (exact) mass is 485 g/mol. The fraction of sp³-hybridized carbons (Fsp3) is 0.300. The lowest BCUT2D eigenvalue weighted by Crippen LogP contribution is -2.13. The summed E-state index contributed by atoms with van der Waals surface area (Å²) in [6.07, 6.45) is 0. The van der Waals surface area contributed by atoms with Crippen molar-refractivity contribution in [1.82, 2.24) is 9.55 Å². The molecule has 0 saturated heterocycles. The molecule has 3 rings (SSSR count). The van der Waals surface area contributed by atoms with Crippen molar-refractivity contribution in [1.29, 1.82) is 0 Å². The lowest BCUT2D eigenvalue weighted by Gasteiger charge is -2.07. The van der Waals surface area contributed by atoms with Crippen LogP contribution < -0.4 is 4.90 Å². The van der Waals surface area contributed by atoms with E-state index in [1.165, 1.54) is 0 Å². The second kappa shape index (κ2) is 4.21. The number of aromatic nitrogens is 2. The first kappa shape index (κ1) is 12.4. The highest BCUT2D eigenvalue weighted by atomic mass is 79.9. The maximum absolute atomic E-state index is 4.70. The summed E-state index contributed by atoms with van der Waals surface area (Å²) in [6.45, 7) is 1.98. The first-order valence-electron chi connectivity index (χ1n) is 4.95. The van der Waals surface area contributed by atoms with E-state index >= 15 is 0 Å². The van der Waals surface area contributed by atoms with E-state index in [1.807, 2.05) is 0 Å². The fourth-order valence-electron chi connectivity index (χ4n) is 2.07. The first-order chi connectivity index (χ1) is 8.02. The molecule has 17 heavy (non-hydrogen) atoms. The van der Waals surface area contributed by atoms with Gasteiger partial charge in [0.05, 0.1) is 14.5 Å². The van der Waals surface area contributed by atoms with E-state index in [1.54, 1.807) is 0 Å². The molecule has 0 amide bonds. The molecule has 2 aromatic rings. The Balaban J connectivity index is 2.49. The number of benzene rings is 1. The Morgan fingerprint density at radius 2 is 1.59 bits per heavy atom. The summed E-state index contributed by atoms with van der Waals surface area (Å²) in [7, 11) is 2.07. The Morgan fingerprint density at radius 1 is 0.941 bits per heavy atom. The van der Waals surface area contributed by atoms with E-state index < -0.39 is 0 Å². The molecule has 0 atom stereocenters. The second-order valence-corrected chi connectivity index (χ2v) is 7.11. The topological polar surface area (TPSA) is 21.1 Å². The predicted octanol–water partition coefficient (Wildman–Crippen LogP) is 4.54. The molecular formula is C10H7Br4N3. The maximum atomic E-state index is 4.70. The zero-order chi connectivity index (χ0) is 12.3. The second-order valence-electron chi connectivity index (χ2n) is 3.94. The van der Waals surface area contributed by atoms with Crippen LogP contribution in [0.2, 0.25) is 0 Å². The van der Waals surface area contributed by atoms with Crippen LogP contribution in [0, 0.1) is 0 Å². The Kier molecular flexibility index (Phi) is 3.08. The van der Waals surface area contributed by atoms with Crippen LogP contribution in [-0.2, 0) is 6.54 Å². The largest absolute Gasteiger partial charge is 0.343 e. The molecule has 1 aromatic heterocycles. The molecule has 90 valence electrons. The average Bonchev–Trinajstić information content (AvgIpc) is 2.84. The average molecular weight is 489 g/mol. The number of halogens is 4. The van der Waals surface area contributed by atoms with E-state index in [0.717, 1.165) is 48.0 Å². The zero-order valence-electron chi connectivity index (χ0n) is 8.77. The molecule has 0 fully saturated rings. The van der Waals surface area contributed by atoms with Crippen molar-refractivity contribution in [3.63, 3.8) is 0 Å². The number of nitrogens with zero attached hydrogens (tertiary/aromatic N) is 3. The van der Waals surface area contributed by atoms with Crippen molar-refractivity contribution in [2.75, 3.05) is 18.5 Å². The SMILES string of the molecule is CN1CCn2c1nc1c(Br)c(Br)c(Br)c(Br)c12. The predicted molar refractivity (Wildman–Crippen MR) is 83.8 cm³/mol. The van der Waals surface area contributed by atoms with Crippen LogP contribution in [0.5, 0.6) is 0 Å². The van der Waals surface area contributed by atoms with Gasteiger partial charge in [0, 0.05) is 29.1 Å². The molecule has 0 saturated carbocycles. The number of likely N-dealkylation sites (N-methyl/N-ethyl adjacent to an activating group) is 1. The van der Waals surface area contributed by atoms with Gasteiger partial charge in [-0.3, -0.25) is 0 Å². The van der Waals surface area contributed by atoms with Gasteiger partial charge in [-0.2, -0.15) is 0 Å². The van der Waals surface area contributed by atoms with Gasteiger partial charge in [0.1, 0.15) is 5.52 Å². The third kappa shape index (κ3) is 1.65. The standard InChI is InChI=1S/C10H7Br4N3/c1-16-2-3-17-9-7(14)5(12)4(11)6(13)8(9)15-10(16)17/h2-3H2,1H3. The zero-order valence-corrected chi connectivity index (χ0v) is 15.1. The smallest absolute Gasteiger partial charge is 0.206 e. The van der Waals surface area contributed by atoms with Gasteiger partial charge < -0.3 is 9.47 Å². The highest BCUT2D eigenvalue weighted by molar-refractivity contribution is 9.15. The van der Waals surface area contributed by atoms with E-state index in [9.17, 15) is 0 Å². The van der Waals surface area contributed by atoms with Crippen LogP contribution in [0.15, 0.2) is 17.9 Å². The molecule has 0 radical (unpaired) electrons. The Bertz CT molecular complexity index is 634. The summed E-state index contributed by atoms with van der Waals surface area (Å²) in [6, 6.07) is 0. The molecule has 0 N–H and O–H groups in total. The van der Waals surface area contributed by atoms with Crippen molar-refractivity contribution in [3.8, 4) is 0 Å². The van der Waals surface area contributed by atoms with E-state index in [2.05, 4.69) is 80.2 Å². The molecular weight excluding hydrogens is 482 g/mol. The van der Waals surface area contributed by atoms with Crippen molar-refractivity contribution in [2.24, 2.45) is 0 Å². The van der Waals surface area contributed by atoms with Crippen molar-refractivity contribution < 1.29 is 0 Å². The van der Waals surface area contributed by atoms with Crippen LogP contribution in [0.4, 0.5) is 5.95 Å². The molecule has 3 nitrogen and oxygen atoms in total. The molecule has 0 unspecified atom stereocenters.